The highest BCUT2D eigenvalue weighted by Crippen LogP contribution is 2.20. The Labute approximate surface area is 89.6 Å². The largest absolute Gasteiger partial charge is 0.401 e. The van der Waals surface area contributed by atoms with Crippen LogP contribution in [0.3, 0.4) is 0 Å². The second-order valence-corrected chi connectivity index (χ2v) is 4.62. The predicted octanol–water partition coefficient (Wildman–Crippen LogP) is 2.39. The van der Waals surface area contributed by atoms with E-state index in [4.69, 9.17) is 5.73 Å². The summed E-state index contributed by atoms with van der Waals surface area (Å²) < 4.78 is 36.8. The number of alkyl halides is 3. The molecular formula is C10H21F3N2. The smallest absolute Gasteiger partial charge is 0.324 e. The number of halogens is 3. The maximum Gasteiger partial charge on any atom is 0.401 e. The normalized spacial score (nSPS) is 17.2. The molecule has 2 nitrogen and oxygen atoms in total. The molecule has 0 aromatic carbocycles. The number of hydrogen-bond donors (Lipinski definition) is 1. The van der Waals surface area contributed by atoms with E-state index < -0.39 is 18.3 Å². The Balaban J connectivity index is 4.42. The fourth-order valence-electron chi connectivity index (χ4n) is 1.23. The highest BCUT2D eigenvalue weighted by atomic mass is 19.4. The molecule has 92 valence electrons. The fraction of sp³-hybridized carbons (Fsp3) is 1.00. The summed E-state index contributed by atoms with van der Waals surface area (Å²) in [6.07, 6.45) is -3.50. The molecule has 0 radical (unpaired) electrons. The first-order valence-electron chi connectivity index (χ1n) is 5.17. The topological polar surface area (TPSA) is 29.3 Å². The molecule has 0 spiro atoms. The van der Waals surface area contributed by atoms with Gasteiger partial charge in [-0.3, -0.25) is 4.90 Å². The molecule has 0 bridgehead atoms. The molecule has 5 heteroatoms. The van der Waals surface area contributed by atoms with Crippen LogP contribution in [0.4, 0.5) is 13.2 Å². The molecule has 0 aliphatic heterocycles. The Hall–Kier alpha value is -0.290. The quantitative estimate of drug-likeness (QED) is 0.780. The van der Waals surface area contributed by atoms with Crippen molar-refractivity contribution in [2.45, 2.75) is 51.9 Å². The average molecular weight is 226 g/mol. The molecule has 0 aliphatic rings. The predicted molar refractivity (Wildman–Crippen MR) is 55.6 cm³/mol. The number of nitrogens with two attached hydrogens (primary N) is 1. The molecule has 2 N–H and O–H groups in total. The van der Waals surface area contributed by atoms with Gasteiger partial charge in [-0.05, 0) is 27.2 Å². The molecule has 1 atom stereocenters. The van der Waals surface area contributed by atoms with Gasteiger partial charge in [-0.2, -0.15) is 13.2 Å². The van der Waals surface area contributed by atoms with Gasteiger partial charge in [0, 0.05) is 18.1 Å². The Morgan fingerprint density at radius 2 is 1.67 bits per heavy atom. The molecule has 0 fully saturated rings. The zero-order valence-corrected chi connectivity index (χ0v) is 9.86. The van der Waals surface area contributed by atoms with Crippen molar-refractivity contribution >= 4 is 0 Å². The van der Waals surface area contributed by atoms with Gasteiger partial charge in [0.05, 0.1) is 6.54 Å². The highest BCUT2D eigenvalue weighted by Gasteiger charge is 2.34. The van der Waals surface area contributed by atoms with E-state index in [1.165, 1.54) is 4.90 Å². The summed E-state index contributed by atoms with van der Waals surface area (Å²) in [7, 11) is 0. The Bertz CT molecular complexity index is 188. The zero-order valence-electron chi connectivity index (χ0n) is 9.86. The van der Waals surface area contributed by atoms with Gasteiger partial charge in [0.15, 0.2) is 0 Å². The summed E-state index contributed by atoms with van der Waals surface area (Å²) in [4.78, 5) is 1.36. The first-order chi connectivity index (χ1) is 6.57. The van der Waals surface area contributed by atoms with Gasteiger partial charge >= 0.3 is 6.18 Å². The van der Waals surface area contributed by atoms with Crippen LogP contribution in [0.2, 0.25) is 0 Å². The van der Waals surface area contributed by atoms with E-state index >= 15 is 0 Å². The van der Waals surface area contributed by atoms with Gasteiger partial charge < -0.3 is 5.73 Å². The van der Waals surface area contributed by atoms with E-state index in [2.05, 4.69) is 0 Å². The van der Waals surface area contributed by atoms with Crippen LogP contribution >= 0.6 is 0 Å². The molecule has 0 aliphatic carbocycles. The van der Waals surface area contributed by atoms with Crippen molar-refractivity contribution in [3.05, 3.63) is 0 Å². The average Bonchev–Trinajstić information content (AvgIpc) is 2.00. The summed E-state index contributed by atoms with van der Waals surface area (Å²) in [6, 6.07) is -0.152. The minimum atomic E-state index is -4.16. The summed E-state index contributed by atoms with van der Waals surface area (Å²) in [5.41, 5.74) is 5.30. The molecule has 1 unspecified atom stereocenters. The lowest BCUT2D eigenvalue weighted by molar-refractivity contribution is -0.151. The molecule has 0 saturated carbocycles. The standard InChI is InChI=1S/C10H21F3N2/c1-5-9(4,14)6-15(8(2)3)7-10(11,12)13/h8H,5-7,14H2,1-4H3. The van der Waals surface area contributed by atoms with Crippen molar-refractivity contribution < 1.29 is 13.2 Å². The van der Waals surface area contributed by atoms with Crippen LogP contribution in [0.15, 0.2) is 0 Å². The second-order valence-electron chi connectivity index (χ2n) is 4.62. The number of hydrogen-bond acceptors (Lipinski definition) is 2. The van der Waals surface area contributed by atoms with E-state index in [1.807, 2.05) is 6.92 Å². The van der Waals surface area contributed by atoms with Crippen LogP contribution in [-0.4, -0.2) is 35.7 Å². The van der Waals surface area contributed by atoms with E-state index in [0.717, 1.165) is 0 Å². The highest BCUT2D eigenvalue weighted by molar-refractivity contribution is 4.83. The third-order valence-corrected chi connectivity index (χ3v) is 2.48. The Kier molecular flexibility index (Phi) is 5.06. The van der Waals surface area contributed by atoms with E-state index in [0.29, 0.717) is 6.42 Å². The molecule has 0 saturated heterocycles. The van der Waals surface area contributed by atoms with Gasteiger partial charge in [0.2, 0.25) is 0 Å². The summed E-state index contributed by atoms with van der Waals surface area (Å²) in [6.45, 7) is 6.53. The summed E-state index contributed by atoms with van der Waals surface area (Å²) in [5.74, 6) is 0. The van der Waals surface area contributed by atoms with Gasteiger partial charge in [-0.1, -0.05) is 6.92 Å². The van der Waals surface area contributed by atoms with Crippen LogP contribution in [-0.2, 0) is 0 Å². The van der Waals surface area contributed by atoms with Crippen molar-refractivity contribution in [2.24, 2.45) is 5.73 Å². The second kappa shape index (κ2) is 5.16. The van der Waals surface area contributed by atoms with Crippen molar-refractivity contribution in [3.63, 3.8) is 0 Å². The van der Waals surface area contributed by atoms with Crippen molar-refractivity contribution in [2.75, 3.05) is 13.1 Å². The van der Waals surface area contributed by atoms with E-state index in [1.54, 1.807) is 20.8 Å². The van der Waals surface area contributed by atoms with Crippen LogP contribution in [0.1, 0.15) is 34.1 Å². The third kappa shape index (κ3) is 6.73. The van der Waals surface area contributed by atoms with E-state index in [-0.39, 0.29) is 12.6 Å². The zero-order chi connectivity index (χ0) is 12.3. The third-order valence-electron chi connectivity index (χ3n) is 2.48. The van der Waals surface area contributed by atoms with E-state index in [9.17, 15) is 13.2 Å². The minimum absolute atomic E-state index is 0.152. The molecule has 0 aromatic rings. The lowest BCUT2D eigenvalue weighted by Crippen LogP contribution is -2.51. The molecule has 0 amide bonds. The maximum absolute atomic E-state index is 12.3. The summed E-state index contributed by atoms with van der Waals surface area (Å²) in [5, 5.41) is 0. The van der Waals surface area contributed by atoms with Crippen molar-refractivity contribution in [3.8, 4) is 0 Å². The van der Waals surface area contributed by atoms with Crippen LogP contribution in [0.25, 0.3) is 0 Å². The monoisotopic (exact) mass is 226 g/mol. The number of rotatable bonds is 5. The maximum atomic E-state index is 12.3. The van der Waals surface area contributed by atoms with Gasteiger partial charge in [-0.25, -0.2) is 0 Å². The molecule has 0 aromatic heterocycles. The molecular weight excluding hydrogens is 205 g/mol. The van der Waals surface area contributed by atoms with Gasteiger partial charge in [0.1, 0.15) is 0 Å². The molecule has 0 rings (SSSR count). The first-order valence-corrected chi connectivity index (χ1v) is 5.17. The van der Waals surface area contributed by atoms with Crippen molar-refractivity contribution in [1.29, 1.82) is 0 Å². The Morgan fingerprint density at radius 3 is 1.93 bits per heavy atom. The molecule has 0 heterocycles. The Morgan fingerprint density at radius 1 is 1.20 bits per heavy atom. The SMILES string of the molecule is CCC(C)(N)CN(CC(F)(F)F)C(C)C. The lowest BCUT2D eigenvalue weighted by atomic mass is 9.99. The van der Waals surface area contributed by atoms with Crippen LogP contribution in [0.5, 0.6) is 0 Å². The lowest BCUT2D eigenvalue weighted by Gasteiger charge is -2.34. The van der Waals surface area contributed by atoms with Crippen LogP contribution < -0.4 is 5.73 Å². The fourth-order valence-corrected chi connectivity index (χ4v) is 1.23. The molecule has 15 heavy (non-hydrogen) atoms. The van der Waals surface area contributed by atoms with Crippen molar-refractivity contribution in [1.82, 2.24) is 4.90 Å². The van der Waals surface area contributed by atoms with Gasteiger partial charge in [-0.15, -0.1) is 0 Å². The van der Waals surface area contributed by atoms with Gasteiger partial charge in [0.25, 0.3) is 0 Å². The van der Waals surface area contributed by atoms with Crippen LogP contribution in [0, 0.1) is 0 Å². The minimum Gasteiger partial charge on any atom is -0.324 e. The number of nitrogens with zero attached hydrogens (tertiary/aromatic N) is 1. The summed E-state index contributed by atoms with van der Waals surface area (Å²) >= 11 is 0. The first kappa shape index (κ1) is 14.7.